The third-order valence-electron chi connectivity index (χ3n) is 7.07. The second kappa shape index (κ2) is 9.61. The number of alkyl halides is 3. The van der Waals surface area contributed by atoms with Gasteiger partial charge in [0.1, 0.15) is 0 Å². The van der Waals surface area contributed by atoms with Crippen LogP contribution < -0.4 is 5.32 Å². The summed E-state index contributed by atoms with van der Waals surface area (Å²) in [7, 11) is 1.02. The molecule has 1 aliphatic carbocycles. The number of nitrogens with zero attached hydrogens (tertiary/aromatic N) is 3. The van der Waals surface area contributed by atoms with Crippen LogP contribution in [0.1, 0.15) is 36.7 Å². The third kappa shape index (κ3) is 4.97. The van der Waals surface area contributed by atoms with Crippen LogP contribution in [0.3, 0.4) is 0 Å². The summed E-state index contributed by atoms with van der Waals surface area (Å²) in [6.45, 7) is 3.88. The van der Waals surface area contributed by atoms with Crippen molar-refractivity contribution in [1.82, 2.24) is 14.8 Å². The highest BCUT2D eigenvalue weighted by atomic mass is 19.4. The summed E-state index contributed by atoms with van der Waals surface area (Å²) in [5.74, 6) is -0.960. The number of aromatic nitrogens is 1. The average molecular weight is 507 g/mol. The molecule has 2 aliphatic rings. The highest BCUT2D eigenvalue weighted by molar-refractivity contribution is 5.82. The van der Waals surface area contributed by atoms with Gasteiger partial charge in [0.25, 0.3) is 5.91 Å². The van der Waals surface area contributed by atoms with Gasteiger partial charge in [-0.15, -0.1) is 0 Å². The first-order valence-corrected chi connectivity index (χ1v) is 11.6. The molecule has 2 aromatic rings. The molecule has 1 fully saturated rings. The van der Waals surface area contributed by atoms with Crippen molar-refractivity contribution in [2.75, 3.05) is 32.1 Å². The number of hydrogen-bond acceptors (Lipinski definition) is 5. The van der Waals surface area contributed by atoms with Crippen LogP contribution in [0.25, 0.3) is 0 Å². The molecule has 194 valence electrons. The summed E-state index contributed by atoms with van der Waals surface area (Å²) in [5, 5.41) is 12.6. The molecule has 4 rings (SSSR count). The number of fused-ring (bicyclic) bond motifs is 1. The van der Waals surface area contributed by atoms with Gasteiger partial charge in [0.15, 0.2) is 12.1 Å². The topological polar surface area (TPSA) is 95.0 Å². The second-order valence-corrected chi connectivity index (χ2v) is 9.73. The molecule has 0 bridgehead atoms. The fourth-order valence-corrected chi connectivity index (χ4v) is 4.99. The lowest BCUT2D eigenvalue weighted by molar-refractivity contribution is -0.195. The lowest BCUT2D eigenvalue weighted by atomic mass is 9.83. The Morgan fingerprint density at radius 2 is 1.97 bits per heavy atom. The molecule has 1 aliphatic heterocycles. The summed E-state index contributed by atoms with van der Waals surface area (Å²) >= 11 is 0. The summed E-state index contributed by atoms with van der Waals surface area (Å²) in [6, 6.07) is 8.65. The number of rotatable bonds is 5. The Kier molecular flexibility index (Phi) is 6.87. The summed E-state index contributed by atoms with van der Waals surface area (Å²) in [6.07, 6.45) is -5.26. The van der Waals surface area contributed by atoms with Crippen LogP contribution in [0.15, 0.2) is 42.6 Å². The predicted octanol–water partition coefficient (Wildman–Crippen LogP) is 3.84. The van der Waals surface area contributed by atoms with Gasteiger partial charge in [-0.3, -0.25) is 9.78 Å². The Morgan fingerprint density at radius 3 is 2.58 bits per heavy atom. The number of carboxylic acid groups (broad SMARTS) is 1. The SMILES string of the molecule is CN(C(=O)[C@H]1CN(C(=O)O)CCO1)C(c1ccc(N[C@H]2Cc3ccccc3C2(C)C)cn1)C(F)(F)F. The number of likely N-dealkylation sites (N-methyl/N-ethyl adjacent to an activating group) is 1. The molecule has 2 amide bonds. The number of ether oxygens (including phenoxy) is 1. The molecule has 1 aromatic carbocycles. The second-order valence-electron chi connectivity index (χ2n) is 9.73. The van der Waals surface area contributed by atoms with E-state index in [0.29, 0.717) is 10.6 Å². The molecule has 0 spiro atoms. The number of carbonyl (C=O) groups is 2. The van der Waals surface area contributed by atoms with Gasteiger partial charge in [-0.05, 0) is 29.7 Å². The number of carbonyl (C=O) groups excluding carboxylic acids is 1. The Hall–Kier alpha value is -3.34. The molecule has 0 radical (unpaired) electrons. The molecule has 11 heteroatoms. The van der Waals surface area contributed by atoms with Crippen LogP contribution in [-0.2, 0) is 21.4 Å². The standard InChI is InChI=1S/C25H29F3N4O4/c1-24(2)17-7-5-4-6-15(17)12-20(24)30-16-8-9-18(29-13-16)21(25(26,27)28)31(3)22(33)19-14-32(23(34)35)10-11-36-19/h4-9,13,19-21,30H,10-12,14H2,1-3H3,(H,34,35)/t19-,20+,21?/m1/s1. The van der Waals surface area contributed by atoms with Crippen LogP contribution in [0.5, 0.6) is 0 Å². The van der Waals surface area contributed by atoms with E-state index in [4.69, 9.17) is 9.84 Å². The zero-order chi connectivity index (χ0) is 26.3. The molecular weight excluding hydrogens is 477 g/mol. The summed E-state index contributed by atoms with van der Waals surface area (Å²) in [5.41, 5.74) is 2.51. The van der Waals surface area contributed by atoms with Crippen molar-refractivity contribution in [2.45, 2.75) is 50.0 Å². The van der Waals surface area contributed by atoms with Crippen molar-refractivity contribution in [3.63, 3.8) is 0 Å². The first kappa shape index (κ1) is 25.7. The van der Waals surface area contributed by atoms with Crippen LogP contribution in [0, 0.1) is 0 Å². The number of anilines is 1. The van der Waals surface area contributed by atoms with Crippen molar-refractivity contribution in [3.05, 3.63) is 59.4 Å². The molecule has 8 nitrogen and oxygen atoms in total. The van der Waals surface area contributed by atoms with E-state index < -0.39 is 30.3 Å². The largest absolute Gasteiger partial charge is 0.465 e. The maximum absolute atomic E-state index is 14.1. The van der Waals surface area contributed by atoms with Crippen LogP contribution in [0.2, 0.25) is 0 Å². The minimum absolute atomic E-state index is 0.0332. The monoisotopic (exact) mass is 506 g/mol. The van der Waals surface area contributed by atoms with Crippen LogP contribution in [0.4, 0.5) is 23.7 Å². The molecular formula is C25H29F3N4O4. The van der Waals surface area contributed by atoms with E-state index in [0.717, 1.165) is 18.4 Å². The number of halogens is 3. The highest BCUT2D eigenvalue weighted by Crippen LogP contribution is 2.40. The van der Waals surface area contributed by atoms with Crippen molar-refractivity contribution < 1.29 is 32.6 Å². The number of hydrogen-bond donors (Lipinski definition) is 2. The Balaban J connectivity index is 1.50. The van der Waals surface area contributed by atoms with Gasteiger partial charge in [0.05, 0.1) is 30.7 Å². The maximum atomic E-state index is 14.1. The number of pyridine rings is 1. The third-order valence-corrected chi connectivity index (χ3v) is 7.07. The van der Waals surface area contributed by atoms with Gasteiger partial charge in [0, 0.05) is 25.0 Å². The van der Waals surface area contributed by atoms with E-state index in [9.17, 15) is 22.8 Å². The van der Waals surface area contributed by atoms with Crippen molar-refractivity contribution in [1.29, 1.82) is 0 Å². The molecule has 3 atom stereocenters. The molecule has 1 saturated heterocycles. The minimum atomic E-state index is -4.80. The van der Waals surface area contributed by atoms with Gasteiger partial charge >= 0.3 is 12.3 Å². The molecule has 2 heterocycles. The van der Waals surface area contributed by atoms with E-state index >= 15 is 0 Å². The van der Waals surface area contributed by atoms with E-state index in [-0.39, 0.29) is 36.8 Å². The number of nitrogens with one attached hydrogen (secondary N) is 1. The Morgan fingerprint density at radius 1 is 1.25 bits per heavy atom. The van der Waals surface area contributed by atoms with Crippen LogP contribution >= 0.6 is 0 Å². The van der Waals surface area contributed by atoms with Crippen LogP contribution in [-0.4, -0.2) is 77.0 Å². The molecule has 2 N–H and O–H groups in total. The normalized spacial score (nSPS) is 22.0. The van der Waals surface area contributed by atoms with Gasteiger partial charge < -0.3 is 25.0 Å². The predicted molar refractivity (Wildman–Crippen MR) is 126 cm³/mol. The molecule has 1 aromatic heterocycles. The summed E-state index contributed by atoms with van der Waals surface area (Å²) < 4.78 is 47.5. The van der Waals surface area contributed by atoms with E-state index in [1.807, 2.05) is 12.1 Å². The molecule has 0 saturated carbocycles. The average Bonchev–Trinajstić information content (AvgIpc) is 3.08. The fraction of sp³-hybridized carbons (Fsp3) is 0.480. The lowest BCUT2D eigenvalue weighted by Gasteiger charge is -2.35. The Bertz CT molecular complexity index is 1120. The first-order valence-electron chi connectivity index (χ1n) is 11.6. The lowest BCUT2D eigenvalue weighted by Crippen LogP contribution is -2.53. The first-order chi connectivity index (χ1) is 16.9. The summed E-state index contributed by atoms with van der Waals surface area (Å²) in [4.78, 5) is 29.6. The smallest absolute Gasteiger partial charge is 0.414 e. The van der Waals surface area contributed by atoms with Crippen molar-refractivity contribution >= 4 is 17.7 Å². The highest BCUT2D eigenvalue weighted by Gasteiger charge is 2.48. The number of morpholine rings is 1. The van der Waals surface area contributed by atoms with Gasteiger partial charge in [0.2, 0.25) is 0 Å². The molecule has 36 heavy (non-hydrogen) atoms. The molecule has 1 unspecified atom stereocenters. The van der Waals surface area contributed by atoms with Crippen molar-refractivity contribution in [2.24, 2.45) is 0 Å². The van der Waals surface area contributed by atoms with Gasteiger partial charge in [-0.1, -0.05) is 38.1 Å². The minimum Gasteiger partial charge on any atom is -0.465 e. The number of benzene rings is 1. The zero-order valence-electron chi connectivity index (χ0n) is 20.2. The number of amides is 2. The van der Waals surface area contributed by atoms with E-state index in [2.05, 4.69) is 36.3 Å². The maximum Gasteiger partial charge on any atom is 0.414 e. The van der Waals surface area contributed by atoms with E-state index in [1.54, 1.807) is 0 Å². The van der Waals surface area contributed by atoms with Gasteiger partial charge in [-0.2, -0.15) is 13.2 Å². The van der Waals surface area contributed by atoms with Gasteiger partial charge in [-0.25, -0.2) is 4.79 Å². The van der Waals surface area contributed by atoms with E-state index in [1.165, 1.54) is 29.5 Å². The van der Waals surface area contributed by atoms with Crippen molar-refractivity contribution in [3.8, 4) is 0 Å². The quantitative estimate of drug-likeness (QED) is 0.640. The Labute approximate surface area is 207 Å². The zero-order valence-corrected chi connectivity index (χ0v) is 20.2. The fourth-order valence-electron chi connectivity index (χ4n) is 4.99.